The smallest absolute Gasteiger partial charge is 0.188 e. The van der Waals surface area contributed by atoms with Gasteiger partial charge in [-0.05, 0) is 48.4 Å². The molecular weight excluding hydrogens is 471 g/mol. The number of nitrogens with zero attached hydrogens (tertiary/aromatic N) is 1. The third-order valence-corrected chi connectivity index (χ3v) is 6.77. The van der Waals surface area contributed by atoms with Crippen LogP contribution in [-0.4, -0.2) is 31.1 Å². The number of nitrogens with one attached hydrogen (secondary N) is 1. The molecule has 0 aromatic heterocycles. The quantitative estimate of drug-likeness (QED) is 0.254. The van der Waals surface area contributed by atoms with Crippen LogP contribution in [0.2, 0.25) is 0 Å². The maximum Gasteiger partial charge on any atom is 0.188 e. The Morgan fingerprint density at radius 1 is 0.972 bits per heavy atom. The van der Waals surface area contributed by atoms with Crippen molar-refractivity contribution >= 4 is 29.8 Å². The number of hydrogen-bond donors (Lipinski definition) is 3. The molecule has 1 aliphatic heterocycles. The summed E-state index contributed by atoms with van der Waals surface area (Å²) in [7, 11) is 2.06. The molecule has 3 aromatic carbocycles. The molecule has 3 aromatic rings. The molecule has 0 amide bonds. The van der Waals surface area contributed by atoms with Crippen molar-refractivity contribution in [3.8, 4) is 11.1 Å². The van der Waals surface area contributed by atoms with Gasteiger partial charge in [-0.15, -0.1) is 12.6 Å². The summed E-state index contributed by atoms with van der Waals surface area (Å²) in [5, 5.41) is 12.4. The lowest BCUT2D eigenvalue weighted by Crippen LogP contribution is -2.22. The number of thiol groups is 1. The van der Waals surface area contributed by atoms with E-state index in [1.54, 1.807) is 24.3 Å². The molecule has 0 radical (unpaired) electrons. The summed E-state index contributed by atoms with van der Waals surface area (Å²) in [5.41, 5.74) is 5.92. The topological polar surface area (TPSA) is 52.6 Å². The minimum atomic E-state index is -0.470. The molecule has 0 spiro atoms. The number of fused-ring (bicyclic) bond motifs is 3. The second kappa shape index (κ2) is 14.0. The lowest BCUT2D eigenvalue weighted by Gasteiger charge is -2.31. The highest BCUT2D eigenvalue weighted by Crippen LogP contribution is 2.42. The Bertz CT molecular complexity index is 1120. The second-order valence-corrected chi connectivity index (χ2v) is 9.62. The first-order valence-electron chi connectivity index (χ1n) is 12.7. The van der Waals surface area contributed by atoms with E-state index in [9.17, 15) is 9.18 Å². The van der Waals surface area contributed by atoms with Gasteiger partial charge in [-0.25, -0.2) is 4.39 Å². The molecular formula is C30H37FN2O2S. The molecule has 0 unspecified atom stereocenters. The molecule has 0 bridgehead atoms. The first kappa shape index (κ1) is 27.8. The number of aliphatic hydroxyl groups is 1. The van der Waals surface area contributed by atoms with Gasteiger partial charge < -0.3 is 15.3 Å². The number of ketones is 1. The van der Waals surface area contributed by atoms with Crippen molar-refractivity contribution in [1.29, 1.82) is 0 Å². The number of carbonyl (C=O) groups is 1. The van der Waals surface area contributed by atoms with Gasteiger partial charge in [0.15, 0.2) is 5.78 Å². The normalized spacial score (nSPS) is 13.8. The van der Waals surface area contributed by atoms with E-state index in [0.717, 1.165) is 40.5 Å². The molecule has 5 rings (SSSR count). The van der Waals surface area contributed by atoms with Crippen molar-refractivity contribution in [2.24, 2.45) is 0 Å². The zero-order valence-electron chi connectivity index (χ0n) is 21.3. The molecule has 192 valence electrons. The predicted octanol–water partition coefficient (Wildman–Crippen LogP) is 7.37. The molecule has 2 aliphatic rings. The van der Waals surface area contributed by atoms with Crippen molar-refractivity contribution in [2.45, 2.75) is 56.9 Å². The Morgan fingerprint density at radius 3 is 2.14 bits per heavy atom. The molecule has 4 nitrogen and oxygen atoms in total. The van der Waals surface area contributed by atoms with Crippen molar-refractivity contribution in [3.63, 3.8) is 0 Å². The Kier molecular flexibility index (Phi) is 10.8. The van der Waals surface area contributed by atoms with Crippen LogP contribution in [0.1, 0.15) is 61.4 Å². The summed E-state index contributed by atoms with van der Waals surface area (Å²) in [4.78, 5) is 14.9. The van der Waals surface area contributed by atoms with Gasteiger partial charge in [0.1, 0.15) is 12.4 Å². The summed E-state index contributed by atoms with van der Waals surface area (Å²) >= 11 is 4.58. The van der Waals surface area contributed by atoms with E-state index in [4.69, 9.17) is 5.11 Å². The summed E-state index contributed by atoms with van der Waals surface area (Å²) in [5.74, 6) is -0.439. The molecule has 0 saturated heterocycles. The minimum Gasteiger partial charge on any atom is -0.388 e. The van der Waals surface area contributed by atoms with E-state index in [2.05, 4.69) is 42.9 Å². The Balaban J connectivity index is 0.000000225. The van der Waals surface area contributed by atoms with E-state index < -0.39 is 6.61 Å². The largest absolute Gasteiger partial charge is 0.388 e. The highest BCUT2D eigenvalue weighted by molar-refractivity contribution is 7.80. The van der Waals surface area contributed by atoms with E-state index in [1.165, 1.54) is 56.2 Å². The minimum absolute atomic E-state index is 0.178. The maximum atomic E-state index is 11.9. The number of rotatable bonds is 4. The average molecular weight is 509 g/mol. The van der Waals surface area contributed by atoms with Crippen molar-refractivity contribution in [3.05, 3.63) is 77.6 Å². The number of halogens is 1. The lowest BCUT2D eigenvalue weighted by atomic mass is 9.91. The average Bonchev–Trinajstić information content (AvgIpc) is 2.91. The Hall–Kier alpha value is -2.83. The van der Waals surface area contributed by atoms with Crippen LogP contribution < -0.4 is 10.2 Å². The fourth-order valence-electron chi connectivity index (χ4n) is 4.49. The highest BCUT2D eigenvalue weighted by atomic mass is 32.1. The van der Waals surface area contributed by atoms with Crippen LogP contribution >= 0.6 is 12.6 Å². The Morgan fingerprint density at radius 2 is 1.61 bits per heavy atom. The third kappa shape index (κ3) is 7.58. The van der Waals surface area contributed by atoms with Gasteiger partial charge in [-0.2, -0.15) is 0 Å². The summed E-state index contributed by atoms with van der Waals surface area (Å²) < 4.78 is 11.9. The van der Waals surface area contributed by atoms with E-state index >= 15 is 0 Å². The van der Waals surface area contributed by atoms with E-state index in [-0.39, 0.29) is 11.6 Å². The van der Waals surface area contributed by atoms with Crippen LogP contribution in [0.5, 0.6) is 0 Å². The zero-order valence-corrected chi connectivity index (χ0v) is 22.2. The van der Waals surface area contributed by atoms with Crippen LogP contribution in [0.15, 0.2) is 65.6 Å². The fraction of sp³-hybridized carbons (Fsp3) is 0.367. The molecule has 1 aliphatic carbocycles. The fourth-order valence-corrected chi connectivity index (χ4v) is 4.76. The van der Waals surface area contributed by atoms with Crippen molar-refractivity contribution in [2.75, 3.05) is 30.4 Å². The molecule has 2 N–H and O–H groups in total. The Labute approximate surface area is 220 Å². The van der Waals surface area contributed by atoms with Gasteiger partial charge in [0, 0.05) is 47.5 Å². The standard InChI is InChI=1S/C18H20N2O2S.C6H5F.C6H12/c1-3-19-15-8-16-14(7-18(15)23)13-6-11(17(22)10-21)4-5-12(13)9-20(16)2;7-6-4-2-1-3-5-6;1-2-4-6-5-3-1/h4-8,19,21,23H,3,9-10H2,1-2H3;1-5H;1-6H2. The van der Waals surface area contributed by atoms with Crippen LogP contribution in [0.3, 0.4) is 0 Å². The lowest BCUT2D eigenvalue weighted by molar-refractivity contribution is 0.0904. The number of Topliss-reactive ketones (excluding diaryl/α,β-unsaturated/α-hetero) is 1. The summed E-state index contributed by atoms with van der Waals surface area (Å²) in [6.07, 6.45) is 9.00. The number of carbonyl (C=O) groups excluding carboxylic acids is 1. The van der Waals surface area contributed by atoms with Gasteiger partial charge in [0.05, 0.1) is 0 Å². The maximum absolute atomic E-state index is 11.9. The molecule has 1 heterocycles. The van der Waals surface area contributed by atoms with Crippen molar-refractivity contribution in [1.82, 2.24) is 0 Å². The number of aliphatic hydroxyl groups excluding tert-OH is 1. The van der Waals surface area contributed by atoms with Gasteiger partial charge in [0.2, 0.25) is 0 Å². The van der Waals surface area contributed by atoms with Crippen LogP contribution in [-0.2, 0) is 6.54 Å². The van der Waals surface area contributed by atoms with Crippen LogP contribution in [0.4, 0.5) is 15.8 Å². The molecule has 0 atom stereocenters. The summed E-state index contributed by atoms with van der Waals surface area (Å²) in [6.45, 7) is 3.20. The SMILES string of the molecule is C1CCCCC1.CCNc1cc2c(cc1S)-c1cc(C(=O)CO)ccc1CN2C.Fc1ccccc1. The number of hydrogen-bond acceptors (Lipinski definition) is 5. The van der Waals surface area contributed by atoms with Gasteiger partial charge >= 0.3 is 0 Å². The highest BCUT2D eigenvalue weighted by Gasteiger charge is 2.22. The van der Waals surface area contributed by atoms with Gasteiger partial charge in [-0.1, -0.05) is 68.9 Å². The van der Waals surface area contributed by atoms with Gasteiger partial charge in [-0.3, -0.25) is 4.79 Å². The molecule has 1 saturated carbocycles. The predicted molar refractivity (Wildman–Crippen MR) is 151 cm³/mol. The number of benzene rings is 3. The second-order valence-electron chi connectivity index (χ2n) is 9.14. The third-order valence-electron chi connectivity index (χ3n) is 6.40. The monoisotopic (exact) mass is 508 g/mol. The van der Waals surface area contributed by atoms with Crippen molar-refractivity contribution < 1.29 is 14.3 Å². The zero-order chi connectivity index (χ0) is 25.9. The first-order chi connectivity index (χ1) is 17.4. The molecule has 36 heavy (non-hydrogen) atoms. The first-order valence-corrected chi connectivity index (χ1v) is 13.2. The van der Waals surface area contributed by atoms with Crippen LogP contribution in [0.25, 0.3) is 11.1 Å². The van der Waals surface area contributed by atoms with E-state index in [1.807, 2.05) is 18.2 Å². The summed E-state index contributed by atoms with van der Waals surface area (Å²) in [6, 6.07) is 17.7. The molecule has 6 heteroatoms. The van der Waals surface area contributed by atoms with Gasteiger partial charge in [0.25, 0.3) is 0 Å². The molecule has 1 fully saturated rings. The van der Waals surface area contributed by atoms with Crippen LogP contribution in [0, 0.1) is 5.82 Å². The number of anilines is 2. The van der Waals surface area contributed by atoms with E-state index in [0.29, 0.717) is 5.56 Å².